The number of nitriles is 1. The van der Waals surface area contributed by atoms with E-state index in [9.17, 15) is 0 Å². The van der Waals surface area contributed by atoms with E-state index in [0.717, 1.165) is 22.5 Å². The maximum Gasteiger partial charge on any atom is 0.191 e. The Bertz CT molecular complexity index is 786. The van der Waals surface area contributed by atoms with Crippen molar-refractivity contribution >= 4 is 28.7 Å². The fourth-order valence-electron chi connectivity index (χ4n) is 2.09. The molecule has 0 spiro atoms. The minimum Gasteiger partial charge on any atom is -0.331 e. The van der Waals surface area contributed by atoms with Crippen LogP contribution < -0.4 is 10.7 Å². The Balaban J connectivity index is 2.00. The number of rotatable bonds is 3. The van der Waals surface area contributed by atoms with E-state index >= 15 is 0 Å². The Labute approximate surface area is 141 Å². The largest absolute Gasteiger partial charge is 0.331 e. The van der Waals surface area contributed by atoms with E-state index in [1.54, 1.807) is 12.1 Å². The molecule has 0 radical (unpaired) electrons. The first-order valence-corrected chi connectivity index (χ1v) is 7.59. The van der Waals surface area contributed by atoms with Crippen molar-refractivity contribution in [2.45, 2.75) is 20.8 Å². The molecule has 0 amide bonds. The summed E-state index contributed by atoms with van der Waals surface area (Å²) in [7, 11) is 0. The van der Waals surface area contributed by atoms with Gasteiger partial charge in [-0.2, -0.15) is 10.4 Å². The lowest BCUT2D eigenvalue weighted by Gasteiger charge is -2.11. The Morgan fingerprint density at radius 1 is 1.13 bits per heavy atom. The monoisotopic (exact) mass is 322 g/mol. The molecule has 0 atom stereocenters. The van der Waals surface area contributed by atoms with Gasteiger partial charge in [0.05, 0.1) is 17.3 Å². The van der Waals surface area contributed by atoms with Crippen LogP contribution in [0, 0.1) is 25.2 Å². The van der Waals surface area contributed by atoms with Crippen LogP contribution in [-0.4, -0.2) is 10.8 Å². The number of nitrogens with one attached hydrogen (secondary N) is 2. The number of anilines is 1. The van der Waals surface area contributed by atoms with Crippen LogP contribution >= 0.6 is 12.2 Å². The van der Waals surface area contributed by atoms with E-state index in [1.807, 2.05) is 38.1 Å². The van der Waals surface area contributed by atoms with Gasteiger partial charge in [-0.1, -0.05) is 29.8 Å². The van der Waals surface area contributed by atoms with Crippen molar-refractivity contribution in [3.8, 4) is 6.07 Å². The molecule has 23 heavy (non-hydrogen) atoms. The van der Waals surface area contributed by atoms with Crippen LogP contribution in [-0.2, 0) is 0 Å². The van der Waals surface area contributed by atoms with E-state index in [4.69, 9.17) is 17.5 Å². The molecular weight excluding hydrogens is 304 g/mol. The van der Waals surface area contributed by atoms with Crippen LogP contribution in [0.5, 0.6) is 0 Å². The number of nitrogens with zero attached hydrogens (tertiary/aromatic N) is 2. The zero-order valence-electron chi connectivity index (χ0n) is 13.3. The second-order valence-electron chi connectivity index (χ2n) is 5.27. The van der Waals surface area contributed by atoms with Gasteiger partial charge in [-0.3, -0.25) is 5.43 Å². The van der Waals surface area contributed by atoms with Gasteiger partial charge in [-0.15, -0.1) is 0 Å². The standard InChI is InChI=1S/C18H18N4S/c1-12-4-9-17(13(2)10-12)20-18(23)22-21-14(3)16-7-5-15(11-19)6-8-16/h4-10H,1-3H3,(H2,20,22,23). The van der Waals surface area contributed by atoms with Crippen molar-refractivity contribution < 1.29 is 0 Å². The predicted octanol–water partition coefficient (Wildman–Crippen LogP) is 3.89. The van der Waals surface area contributed by atoms with Crippen LogP contribution in [0.3, 0.4) is 0 Å². The van der Waals surface area contributed by atoms with Gasteiger partial charge in [0.15, 0.2) is 5.11 Å². The highest BCUT2D eigenvalue weighted by Crippen LogP contribution is 2.15. The summed E-state index contributed by atoms with van der Waals surface area (Å²) >= 11 is 5.26. The Morgan fingerprint density at radius 3 is 2.43 bits per heavy atom. The average molecular weight is 322 g/mol. The first kappa shape index (κ1) is 16.7. The molecule has 0 saturated carbocycles. The molecule has 0 aliphatic rings. The maximum atomic E-state index is 8.80. The lowest BCUT2D eigenvalue weighted by atomic mass is 10.1. The van der Waals surface area contributed by atoms with Gasteiger partial charge in [-0.25, -0.2) is 0 Å². The first-order chi connectivity index (χ1) is 11.0. The third-order valence-corrected chi connectivity index (χ3v) is 3.58. The van der Waals surface area contributed by atoms with Crippen LogP contribution in [0.1, 0.15) is 29.2 Å². The Kier molecular flexibility index (Phi) is 5.45. The van der Waals surface area contributed by atoms with E-state index < -0.39 is 0 Å². The normalized spacial score (nSPS) is 10.8. The van der Waals surface area contributed by atoms with Crippen molar-refractivity contribution in [1.29, 1.82) is 5.26 Å². The number of hydrogen-bond donors (Lipinski definition) is 2. The summed E-state index contributed by atoms with van der Waals surface area (Å²) in [6.07, 6.45) is 0. The molecule has 2 aromatic rings. The van der Waals surface area contributed by atoms with E-state index in [1.165, 1.54) is 5.56 Å². The highest BCUT2D eigenvalue weighted by Gasteiger charge is 2.02. The van der Waals surface area contributed by atoms with Crippen molar-refractivity contribution in [1.82, 2.24) is 5.43 Å². The molecule has 116 valence electrons. The van der Waals surface area contributed by atoms with Crippen molar-refractivity contribution in [3.63, 3.8) is 0 Å². The predicted molar refractivity (Wildman–Crippen MR) is 98.6 cm³/mol. The molecule has 0 aliphatic heterocycles. The van der Waals surface area contributed by atoms with Crippen molar-refractivity contribution in [2.75, 3.05) is 5.32 Å². The van der Waals surface area contributed by atoms with Crippen LogP contribution in [0.4, 0.5) is 5.69 Å². The molecule has 0 unspecified atom stereocenters. The molecule has 0 saturated heterocycles. The van der Waals surface area contributed by atoms with Gasteiger partial charge in [0.25, 0.3) is 0 Å². The minimum absolute atomic E-state index is 0.435. The molecule has 0 fully saturated rings. The summed E-state index contributed by atoms with van der Waals surface area (Å²) in [5, 5.41) is 16.6. The SMILES string of the molecule is CC(=NNC(=S)Nc1ccc(C)cc1C)c1ccc(C#N)cc1. The van der Waals surface area contributed by atoms with Crippen LogP contribution in [0.2, 0.25) is 0 Å². The zero-order chi connectivity index (χ0) is 16.8. The Hall–Kier alpha value is -2.71. The van der Waals surface area contributed by atoms with E-state index in [2.05, 4.69) is 34.9 Å². The number of hydrogen-bond acceptors (Lipinski definition) is 3. The summed E-state index contributed by atoms with van der Waals surface area (Å²) in [5.74, 6) is 0. The van der Waals surface area contributed by atoms with Crippen molar-refractivity contribution in [3.05, 3.63) is 64.7 Å². The summed E-state index contributed by atoms with van der Waals surface area (Å²) in [5.41, 5.74) is 8.49. The fraction of sp³-hybridized carbons (Fsp3) is 0.167. The van der Waals surface area contributed by atoms with Gasteiger partial charge in [0.2, 0.25) is 0 Å². The molecule has 0 aliphatic carbocycles. The quantitative estimate of drug-likeness (QED) is 0.511. The molecule has 0 aromatic heterocycles. The van der Waals surface area contributed by atoms with Gasteiger partial charge in [0.1, 0.15) is 0 Å². The minimum atomic E-state index is 0.435. The number of aryl methyl sites for hydroxylation is 2. The molecule has 2 N–H and O–H groups in total. The highest BCUT2D eigenvalue weighted by atomic mass is 32.1. The highest BCUT2D eigenvalue weighted by molar-refractivity contribution is 7.80. The summed E-state index contributed by atoms with van der Waals surface area (Å²) < 4.78 is 0. The van der Waals surface area contributed by atoms with Gasteiger partial charge < -0.3 is 5.32 Å². The molecule has 2 rings (SSSR count). The van der Waals surface area contributed by atoms with Crippen molar-refractivity contribution in [2.24, 2.45) is 5.10 Å². The summed E-state index contributed by atoms with van der Waals surface area (Å²) in [6, 6.07) is 15.5. The third-order valence-electron chi connectivity index (χ3n) is 3.39. The molecule has 5 heteroatoms. The topological polar surface area (TPSA) is 60.2 Å². The third kappa shape index (κ3) is 4.63. The van der Waals surface area contributed by atoms with Crippen LogP contribution in [0.25, 0.3) is 0 Å². The second-order valence-corrected chi connectivity index (χ2v) is 5.68. The number of thiocarbonyl (C=S) groups is 1. The number of hydrazone groups is 1. The van der Waals surface area contributed by atoms with Crippen LogP contribution in [0.15, 0.2) is 47.6 Å². The summed E-state index contributed by atoms with van der Waals surface area (Å²) in [6.45, 7) is 5.97. The van der Waals surface area contributed by atoms with Gasteiger partial charge in [-0.05, 0) is 62.3 Å². The summed E-state index contributed by atoms with van der Waals surface area (Å²) in [4.78, 5) is 0. The maximum absolute atomic E-state index is 8.80. The Morgan fingerprint density at radius 2 is 1.83 bits per heavy atom. The van der Waals surface area contributed by atoms with E-state index in [0.29, 0.717) is 10.7 Å². The molecule has 0 bridgehead atoms. The molecule has 2 aromatic carbocycles. The zero-order valence-corrected chi connectivity index (χ0v) is 14.2. The van der Waals surface area contributed by atoms with Gasteiger partial charge in [0, 0.05) is 5.69 Å². The average Bonchev–Trinajstić information content (AvgIpc) is 2.55. The fourth-order valence-corrected chi connectivity index (χ4v) is 2.24. The lowest BCUT2D eigenvalue weighted by molar-refractivity contribution is 1.04. The molecule has 0 heterocycles. The number of benzene rings is 2. The van der Waals surface area contributed by atoms with Gasteiger partial charge >= 0.3 is 0 Å². The second kappa shape index (κ2) is 7.52. The van der Waals surface area contributed by atoms with E-state index in [-0.39, 0.29) is 0 Å². The lowest BCUT2D eigenvalue weighted by Crippen LogP contribution is -2.25. The first-order valence-electron chi connectivity index (χ1n) is 7.18. The molecular formula is C18H18N4S. The molecule has 4 nitrogen and oxygen atoms in total. The smallest absolute Gasteiger partial charge is 0.191 e.